The van der Waals surface area contributed by atoms with Crippen LogP contribution in [-0.2, 0) is 11.2 Å². The van der Waals surface area contributed by atoms with E-state index in [1.54, 1.807) is 7.11 Å². The van der Waals surface area contributed by atoms with Crippen LogP contribution >= 0.6 is 0 Å². The molecular weight excluding hydrogens is 277 g/mol. The zero-order valence-corrected chi connectivity index (χ0v) is 11.7. The second-order valence-electron chi connectivity index (χ2n) is 5.94. The molecule has 2 aliphatic carbocycles. The molecule has 0 bridgehead atoms. The van der Waals surface area contributed by atoms with Crippen LogP contribution in [0.15, 0.2) is 12.1 Å². The molecule has 112 valence electrons. The normalized spacial score (nSPS) is 27.9. The second-order valence-corrected chi connectivity index (χ2v) is 5.94. The number of rotatable bonds is 2. The fourth-order valence-electron chi connectivity index (χ4n) is 3.61. The van der Waals surface area contributed by atoms with Gasteiger partial charge < -0.3 is 4.74 Å². The zero-order chi connectivity index (χ0) is 15.2. The number of ether oxygens (including phenoxy) is 1. The monoisotopic (exact) mass is 293 g/mol. The SMILES string of the molecule is COC1CCC2(CC1)Cc1cc(F)c([N+](=O)[O-])cc1C2=O. The van der Waals surface area contributed by atoms with E-state index in [1.807, 2.05) is 0 Å². The van der Waals surface area contributed by atoms with E-state index in [9.17, 15) is 19.3 Å². The summed E-state index contributed by atoms with van der Waals surface area (Å²) < 4.78 is 19.0. The van der Waals surface area contributed by atoms with Crippen LogP contribution in [0.5, 0.6) is 0 Å². The molecule has 0 aliphatic heterocycles. The molecule has 2 aliphatic rings. The average Bonchev–Trinajstić information content (AvgIpc) is 2.71. The Morgan fingerprint density at radius 1 is 1.38 bits per heavy atom. The first-order valence-electron chi connectivity index (χ1n) is 7.01. The van der Waals surface area contributed by atoms with Crippen LogP contribution in [0, 0.1) is 21.3 Å². The van der Waals surface area contributed by atoms with E-state index in [4.69, 9.17) is 4.74 Å². The van der Waals surface area contributed by atoms with Crippen molar-refractivity contribution in [2.24, 2.45) is 5.41 Å². The number of ketones is 1. The lowest BCUT2D eigenvalue weighted by Gasteiger charge is -2.35. The first kappa shape index (κ1) is 14.1. The van der Waals surface area contributed by atoms with E-state index in [0.717, 1.165) is 25.0 Å². The Labute approximate surface area is 121 Å². The highest BCUT2D eigenvalue weighted by Gasteiger charge is 2.48. The zero-order valence-electron chi connectivity index (χ0n) is 11.7. The number of nitrogens with zero attached hydrogens (tertiary/aromatic N) is 1. The molecule has 0 unspecified atom stereocenters. The quantitative estimate of drug-likeness (QED) is 0.620. The van der Waals surface area contributed by atoms with Crippen LogP contribution in [0.2, 0.25) is 0 Å². The Kier molecular flexibility index (Phi) is 3.28. The number of methoxy groups -OCH3 is 1. The molecule has 3 rings (SSSR count). The third kappa shape index (κ3) is 2.14. The van der Waals surface area contributed by atoms with E-state index in [-0.39, 0.29) is 11.9 Å². The number of Topliss-reactive ketones (excluding diaryl/α,β-unsaturated/α-hetero) is 1. The molecule has 1 spiro atoms. The lowest BCUT2D eigenvalue weighted by molar-refractivity contribution is -0.387. The molecule has 6 heteroatoms. The number of fused-ring (bicyclic) bond motifs is 1. The van der Waals surface area contributed by atoms with Gasteiger partial charge in [0.05, 0.1) is 11.0 Å². The van der Waals surface area contributed by atoms with Crippen molar-refractivity contribution in [2.45, 2.75) is 38.2 Å². The number of nitro groups is 1. The summed E-state index contributed by atoms with van der Waals surface area (Å²) in [5.41, 5.74) is -0.221. The molecule has 0 N–H and O–H groups in total. The lowest BCUT2D eigenvalue weighted by Crippen LogP contribution is -2.35. The predicted octanol–water partition coefficient (Wildman–Crippen LogP) is 3.05. The van der Waals surface area contributed by atoms with Gasteiger partial charge >= 0.3 is 5.69 Å². The smallest absolute Gasteiger partial charge is 0.305 e. The summed E-state index contributed by atoms with van der Waals surface area (Å²) in [6, 6.07) is 2.26. The van der Waals surface area contributed by atoms with E-state index in [0.29, 0.717) is 30.4 Å². The Balaban J connectivity index is 1.94. The largest absolute Gasteiger partial charge is 0.381 e. The minimum absolute atomic E-state index is 0.0739. The summed E-state index contributed by atoms with van der Waals surface area (Å²) >= 11 is 0. The molecule has 0 atom stereocenters. The molecule has 1 aromatic carbocycles. The summed E-state index contributed by atoms with van der Waals surface area (Å²) in [5.74, 6) is -0.940. The van der Waals surface area contributed by atoms with Gasteiger partial charge in [0.15, 0.2) is 5.78 Å². The lowest BCUT2D eigenvalue weighted by atomic mass is 9.70. The summed E-state index contributed by atoms with van der Waals surface area (Å²) in [7, 11) is 1.66. The molecule has 21 heavy (non-hydrogen) atoms. The number of carbonyl (C=O) groups excluding carboxylic acids is 1. The molecule has 0 heterocycles. The van der Waals surface area contributed by atoms with Crippen molar-refractivity contribution >= 4 is 11.5 Å². The molecule has 0 aromatic heterocycles. The molecule has 0 radical (unpaired) electrons. The van der Waals surface area contributed by atoms with Crippen LogP contribution in [0.4, 0.5) is 10.1 Å². The maximum atomic E-state index is 13.7. The number of hydrogen-bond donors (Lipinski definition) is 0. The van der Waals surface area contributed by atoms with Gasteiger partial charge in [0, 0.05) is 24.2 Å². The van der Waals surface area contributed by atoms with E-state index >= 15 is 0 Å². The summed E-state index contributed by atoms with van der Waals surface area (Å²) in [4.78, 5) is 22.7. The summed E-state index contributed by atoms with van der Waals surface area (Å²) in [5, 5.41) is 10.8. The number of nitro benzene ring substituents is 1. The third-order valence-corrected chi connectivity index (χ3v) is 4.85. The Morgan fingerprint density at radius 2 is 2.05 bits per heavy atom. The van der Waals surface area contributed by atoms with Crippen molar-refractivity contribution < 1.29 is 18.8 Å². The summed E-state index contributed by atoms with van der Waals surface area (Å²) in [6.45, 7) is 0. The van der Waals surface area contributed by atoms with Gasteiger partial charge in [0.25, 0.3) is 0 Å². The highest BCUT2D eigenvalue weighted by atomic mass is 19.1. The van der Waals surface area contributed by atoms with Gasteiger partial charge in [0.1, 0.15) is 0 Å². The van der Waals surface area contributed by atoms with Crippen molar-refractivity contribution in [3.8, 4) is 0 Å². The van der Waals surface area contributed by atoms with Gasteiger partial charge in [-0.1, -0.05) is 0 Å². The number of hydrogen-bond acceptors (Lipinski definition) is 4. The highest BCUT2D eigenvalue weighted by molar-refractivity contribution is 6.05. The van der Waals surface area contributed by atoms with Crippen molar-refractivity contribution in [1.29, 1.82) is 0 Å². The average molecular weight is 293 g/mol. The third-order valence-electron chi connectivity index (χ3n) is 4.85. The first-order valence-corrected chi connectivity index (χ1v) is 7.01. The highest BCUT2D eigenvalue weighted by Crippen LogP contribution is 2.48. The van der Waals surface area contributed by atoms with Crippen molar-refractivity contribution in [3.05, 3.63) is 39.2 Å². The second kappa shape index (κ2) is 4.87. The van der Waals surface area contributed by atoms with Gasteiger partial charge in [0.2, 0.25) is 5.82 Å². The topological polar surface area (TPSA) is 69.4 Å². The standard InChI is InChI=1S/C15H16FNO4/c1-21-10-2-4-15(5-3-10)8-9-6-12(16)13(17(19)20)7-11(9)14(15)18/h6-7,10H,2-5,8H2,1H3. The van der Waals surface area contributed by atoms with Crippen LogP contribution in [0.1, 0.15) is 41.6 Å². The van der Waals surface area contributed by atoms with Crippen LogP contribution in [0.25, 0.3) is 0 Å². The number of carbonyl (C=O) groups is 1. The first-order chi connectivity index (χ1) is 9.97. The minimum Gasteiger partial charge on any atom is -0.381 e. The number of benzene rings is 1. The fourth-order valence-corrected chi connectivity index (χ4v) is 3.61. The van der Waals surface area contributed by atoms with E-state index in [2.05, 4.69) is 0 Å². The van der Waals surface area contributed by atoms with Gasteiger partial charge in [-0.2, -0.15) is 4.39 Å². The Morgan fingerprint density at radius 3 is 2.62 bits per heavy atom. The van der Waals surface area contributed by atoms with Gasteiger partial charge in [-0.15, -0.1) is 0 Å². The number of halogens is 1. The van der Waals surface area contributed by atoms with Crippen molar-refractivity contribution in [3.63, 3.8) is 0 Å². The van der Waals surface area contributed by atoms with Crippen LogP contribution in [-0.4, -0.2) is 23.9 Å². The van der Waals surface area contributed by atoms with Gasteiger partial charge in [-0.3, -0.25) is 14.9 Å². The predicted molar refractivity (Wildman–Crippen MR) is 72.8 cm³/mol. The molecule has 1 aromatic rings. The fraction of sp³-hybridized carbons (Fsp3) is 0.533. The maximum absolute atomic E-state index is 13.7. The van der Waals surface area contributed by atoms with Crippen molar-refractivity contribution in [2.75, 3.05) is 7.11 Å². The Hall–Kier alpha value is -1.82. The Bertz CT molecular complexity index is 620. The minimum atomic E-state index is -0.867. The molecule has 0 saturated heterocycles. The molecular formula is C15H16FNO4. The maximum Gasteiger partial charge on any atom is 0.305 e. The molecule has 1 saturated carbocycles. The molecule has 1 fully saturated rings. The van der Waals surface area contributed by atoms with Crippen LogP contribution < -0.4 is 0 Å². The summed E-state index contributed by atoms with van der Waals surface area (Å²) in [6.07, 6.45) is 3.61. The van der Waals surface area contributed by atoms with E-state index in [1.165, 1.54) is 0 Å². The van der Waals surface area contributed by atoms with E-state index < -0.39 is 21.8 Å². The van der Waals surface area contributed by atoms with Crippen molar-refractivity contribution in [1.82, 2.24) is 0 Å². The van der Waals surface area contributed by atoms with Gasteiger partial charge in [-0.25, -0.2) is 0 Å². The molecule has 5 nitrogen and oxygen atoms in total. The van der Waals surface area contributed by atoms with Crippen LogP contribution in [0.3, 0.4) is 0 Å². The molecule has 0 amide bonds. The van der Waals surface area contributed by atoms with Gasteiger partial charge in [-0.05, 0) is 43.7 Å².